The number of nitrogens with two attached hydrogens (primary N) is 1. The van der Waals surface area contributed by atoms with Crippen LogP contribution in [0.15, 0.2) is 17.3 Å². The van der Waals surface area contributed by atoms with E-state index >= 15 is 0 Å². The molecule has 2 unspecified atom stereocenters. The van der Waals surface area contributed by atoms with E-state index in [4.69, 9.17) is 10.5 Å². The largest absolute Gasteiger partial charge is 0.375 e. The number of morpholine rings is 1. The van der Waals surface area contributed by atoms with Crippen molar-refractivity contribution in [3.63, 3.8) is 0 Å². The van der Waals surface area contributed by atoms with E-state index in [9.17, 15) is 8.42 Å². The lowest BCUT2D eigenvalue weighted by molar-refractivity contribution is -0.0241. The van der Waals surface area contributed by atoms with E-state index in [2.05, 4.69) is 5.10 Å². The smallest absolute Gasteiger partial charge is 0.246 e. The van der Waals surface area contributed by atoms with E-state index in [-0.39, 0.29) is 17.0 Å². The molecule has 7 nitrogen and oxygen atoms in total. The van der Waals surface area contributed by atoms with E-state index in [1.165, 1.54) is 6.20 Å². The highest BCUT2D eigenvalue weighted by Crippen LogP contribution is 2.33. The number of hydrogen-bond donors (Lipinski definition) is 1. The monoisotopic (exact) mass is 300 g/mol. The molecule has 2 fully saturated rings. The molecule has 3 rings (SSSR count). The maximum Gasteiger partial charge on any atom is 0.246 e. The summed E-state index contributed by atoms with van der Waals surface area (Å²) in [5.74, 6) is 0. The van der Waals surface area contributed by atoms with Gasteiger partial charge in [-0.25, -0.2) is 8.42 Å². The van der Waals surface area contributed by atoms with Gasteiger partial charge in [-0.2, -0.15) is 9.40 Å². The van der Waals surface area contributed by atoms with E-state index in [0.717, 1.165) is 19.3 Å². The van der Waals surface area contributed by atoms with Gasteiger partial charge in [-0.05, 0) is 19.3 Å². The van der Waals surface area contributed by atoms with Gasteiger partial charge in [-0.15, -0.1) is 0 Å². The van der Waals surface area contributed by atoms with E-state index in [1.54, 1.807) is 15.2 Å². The van der Waals surface area contributed by atoms with Crippen molar-refractivity contribution in [2.45, 2.75) is 42.8 Å². The van der Waals surface area contributed by atoms with Gasteiger partial charge >= 0.3 is 0 Å². The van der Waals surface area contributed by atoms with Gasteiger partial charge in [0.2, 0.25) is 10.0 Å². The molecule has 20 heavy (non-hydrogen) atoms. The van der Waals surface area contributed by atoms with Crippen LogP contribution in [0.2, 0.25) is 0 Å². The molecule has 1 aromatic heterocycles. The van der Waals surface area contributed by atoms with Crippen molar-refractivity contribution in [3.05, 3.63) is 12.4 Å². The van der Waals surface area contributed by atoms with E-state index < -0.39 is 10.0 Å². The lowest BCUT2D eigenvalue weighted by atomic mass is 10.2. The molecule has 2 atom stereocenters. The Kier molecular flexibility index (Phi) is 3.80. The summed E-state index contributed by atoms with van der Waals surface area (Å²) in [4.78, 5) is 0.249. The molecule has 1 aliphatic heterocycles. The zero-order valence-corrected chi connectivity index (χ0v) is 12.1. The second-order valence-corrected chi connectivity index (χ2v) is 7.14. The number of sulfonamides is 1. The molecule has 0 bridgehead atoms. The Morgan fingerprint density at radius 2 is 2.30 bits per heavy atom. The minimum Gasteiger partial charge on any atom is -0.375 e. The zero-order chi connectivity index (χ0) is 14.2. The van der Waals surface area contributed by atoms with Crippen LogP contribution in [0.3, 0.4) is 0 Å². The molecule has 1 aromatic rings. The molecule has 2 N–H and O–H groups in total. The topological polar surface area (TPSA) is 90.5 Å². The molecule has 8 heteroatoms. The van der Waals surface area contributed by atoms with E-state index in [1.807, 2.05) is 0 Å². The summed E-state index contributed by atoms with van der Waals surface area (Å²) < 4.78 is 34.3. The minimum absolute atomic E-state index is 0.0217. The standard InChI is InChI=1S/C12H20N4O3S/c13-4-5-15-9-10(8-14-15)20(17,18)16-6-7-19-12-3-1-2-11(12)16/h8-9,11-12H,1-7,13H2. The maximum atomic E-state index is 12.7. The van der Waals surface area contributed by atoms with Crippen LogP contribution in [0.1, 0.15) is 19.3 Å². The molecule has 1 saturated carbocycles. The Morgan fingerprint density at radius 3 is 3.10 bits per heavy atom. The van der Waals surface area contributed by atoms with Gasteiger partial charge < -0.3 is 10.5 Å². The van der Waals surface area contributed by atoms with Crippen molar-refractivity contribution in [1.29, 1.82) is 0 Å². The molecule has 0 spiro atoms. The lowest BCUT2D eigenvalue weighted by Crippen LogP contribution is -2.51. The van der Waals surface area contributed by atoms with Crippen molar-refractivity contribution in [3.8, 4) is 0 Å². The second kappa shape index (κ2) is 5.44. The molecule has 112 valence electrons. The third kappa shape index (κ3) is 2.37. The minimum atomic E-state index is -3.48. The average molecular weight is 300 g/mol. The molecule has 0 radical (unpaired) electrons. The van der Waals surface area contributed by atoms with Gasteiger partial charge in [0.1, 0.15) is 4.90 Å². The van der Waals surface area contributed by atoms with Gasteiger partial charge in [0, 0.05) is 19.3 Å². The Bertz CT molecular complexity index is 571. The SMILES string of the molecule is NCCn1cc(S(=O)(=O)N2CCOC3CCCC32)cn1. The van der Waals surface area contributed by atoms with Crippen LogP contribution in [0.4, 0.5) is 0 Å². The Labute approximate surface area is 118 Å². The second-order valence-electron chi connectivity index (χ2n) is 5.25. The molecule has 2 aliphatic rings. The van der Waals surface area contributed by atoms with Crippen molar-refractivity contribution in [2.75, 3.05) is 19.7 Å². The van der Waals surface area contributed by atoms with Crippen LogP contribution in [-0.2, 0) is 21.3 Å². The first-order chi connectivity index (χ1) is 9.63. The number of nitrogens with zero attached hydrogens (tertiary/aromatic N) is 3. The number of fused-ring (bicyclic) bond motifs is 1. The number of rotatable bonds is 4. The summed E-state index contributed by atoms with van der Waals surface area (Å²) in [5.41, 5.74) is 5.45. The molecule has 2 heterocycles. The first kappa shape index (κ1) is 14.0. The molecule has 0 aromatic carbocycles. The van der Waals surface area contributed by atoms with Crippen LogP contribution in [0, 0.1) is 0 Å². The van der Waals surface area contributed by atoms with E-state index in [0.29, 0.717) is 26.2 Å². The average Bonchev–Trinajstić information content (AvgIpc) is 3.06. The third-order valence-corrected chi connectivity index (χ3v) is 5.88. The van der Waals surface area contributed by atoms with Gasteiger partial charge in [-0.1, -0.05) is 0 Å². The zero-order valence-electron chi connectivity index (χ0n) is 11.3. The van der Waals surface area contributed by atoms with Gasteiger partial charge in [0.15, 0.2) is 0 Å². The van der Waals surface area contributed by atoms with Crippen LogP contribution in [0.5, 0.6) is 0 Å². The lowest BCUT2D eigenvalue weighted by Gasteiger charge is -2.36. The summed E-state index contributed by atoms with van der Waals surface area (Å²) in [6.07, 6.45) is 5.86. The highest BCUT2D eigenvalue weighted by molar-refractivity contribution is 7.89. The third-order valence-electron chi connectivity index (χ3n) is 4.01. The molecular formula is C12H20N4O3S. The molecule has 1 aliphatic carbocycles. The maximum absolute atomic E-state index is 12.7. The van der Waals surface area contributed by atoms with Gasteiger partial charge in [0.05, 0.1) is 31.5 Å². The molecular weight excluding hydrogens is 280 g/mol. The summed E-state index contributed by atoms with van der Waals surface area (Å²) >= 11 is 0. The van der Waals surface area contributed by atoms with Crippen molar-refractivity contribution < 1.29 is 13.2 Å². The Morgan fingerprint density at radius 1 is 1.45 bits per heavy atom. The Balaban J connectivity index is 1.86. The quantitative estimate of drug-likeness (QED) is 0.830. The molecule has 1 saturated heterocycles. The van der Waals surface area contributed by atoms with Crippen LogP contribution in [0.25, 0.3) is 0 Å². The van der Waals surface area contributed by atoms with Crippen molar-refractivity contribution in [1.82, 2.24) is 14.1 Å². The number of ether oxygens (including phenoxy) is 1. The van der Waals surface area contributed by atoms with Crippen molar-refractivity contribution >= 4 is 10.0 Å². The predicted octanol–water partition coefficient (Wildman–Crippen LogP) is -0.216. The Hall–Kier alpha value is -0.960. The summed E-state index contributed by atoms with van der Waals surface area (Å²) in [6, 6.07) is -0.0217. The first-order valence-corrected chi connectivity index (χ1v) is 8.43. The predicted molar refractivity (Wildman–Crippen MR) is 72.6 cm³/mol. The summed E-state index contributed by atoms with van der Waals surface area (Å²) in [5, 5.41) is 4.05. The number of aromatic nitrogens is 2. The molecule has 0 amide bonds. The number of hydrogen-bond acceptors (Lipinski definition) is 5. The fraction of sp³-hybridized carbons (Fsp3) is 0.750. The fourth-order valence-electron chi connectivity index (χ4n) is 3.06. The van der Waals surface area contributed by atoms with Crippen LogP contribution >= 0.6 is 0 Å². The summed E-state index contributed by atoms with van der Waals surface area (Å²) in [6.45, 7) is 1.84. The van der Waals surface area contributed by atoms with Crippen molar-refractivity contribution in [2.24, 2.45) is 5.73 Å². The normalized spacial score (nSPS) is 27.6. The van der Waals surface area contributed by atoms with Gasteiger partial charge in [-0.3, -0.25) is 4.68 Å². The van der Waals surface area contributed by atoms with Crippen LogP contribution < -0.4 is 5.73 Å². The van der Waals surface area contributed by atoms with Crippen LogP contribution in [-0.4, -0.2) is 54.3 Å². The summed E-state index contributed by atoms with van der Waals surface area (Å²) in [7, 11) is -3.48. The highest BCUT2D eigenvalue weighted by atomic mass is 32.2. The highest BCUT2D eigenvalue weighted by Gasteiger charge is 2.42. The first-order valence-electron chi connectivity index (χ1n) is 6.99. The fourth-order valence-corrected chi connectivity index (χ4v) is 4.67. The van der Waals surface area contributed by atoms with Gasteiger partial charge in [0.25, 0.3) is 0 Å².